The molecular weight excluding hydrogens is 269 g/mol. The monoisotopic (exact) mass is 285 g/mol. The molecule has 1 N–H and O–H groups in total. The molecule has 2 rings (SSSR count). The number of benzene rings is 1. The Bertz CT molecular complexity index is 467. The molecule has 1 amide bonds. The number of rotatable bonds is 4. The lowest BCUT2D eigenvalue weighted by molar-refractivity contribution is -0.122. The molecule has 4 heteroatoms. The van der Waals surface area contributed by atoms with Crippen LogP contribution >= 0.6 is 23.2 Å². The van der Waals surface area contributed by atoms with Gasteiger partial charge in [0.2, 0.25) is 5.91 Å². The van der Waals surface area contributed by atoms with Crippen LogP contribution in [0.2, 0.25) is 10.0 Å². The maximum Gasteiger partial charge on any atom is 0.223 e. The number of carbonyl (C=O) groups is 1. The standard InChI is InChI=1S/C14H17Cl2NO/c1-14(2,8-17-13(18)9-3-4-9)10-5-6-11(15)12(16)7-10/h5-7,9H,3-4,8H2,1-2H3,(H,17,18). The molecule has 1 saturated carbocycles. The van der Waals surface area contributed by atoms with Gasteiger partial charge in [-0.2, -0.15) is 0 Å². The fraction of sp³-hybridized carbons (Fsp3) is 0.500. The number of hydrogen-bond donors (Lipinski definition) is 1. The highest BCUT2D eigenvalue weighted by Crippen LogP contribution is 2.31. The Morgan fingerprint density at radius 3 is 2.56 bits per heavy atom. The molecule has 2 nitrogen and oxygen atoms in total. The van der Waals surface area contributed by atoms with Crippen molar-refractivity contribution in [2.45, 2.75) is 32.1 Å². The van der Waals surface area contributed by atoms with Gasteiger partial charge in [-0.3, -0.25) is 4.79 Å². The third-order valence-corrected chi connectivity index (χ3v) is 4.09. The van der Waals surface area contributed by atoms with Crippen molar-refractivity contribution in [3.8, 4) is 0 Å². The third-order valence-electron chi connectivity index (χ3n) is 3.35. The molecule has 0 saturated heterocycles. The Kier molecular flexibility index (Phi) is 3.88. The fourth-order valence-electron chi connectivity index (χ4n) is 1.82. The van der Waals surface area contributed by atoms with Crippen LogP contribution < -0.4 is 5.32 Å². The van der Waals surface area contributed by atoms with Crippen LogP contribution in [0.3, 0.4) is 0 Å². The molecule has 98 valence electrons. The molecule has 18 heavy (non-hydrogen) atoms. The van der Waals surface area contributed by atoms with Crippen molar-refractivity contribution >= 4 is 29.1 Å². The van der Waals surface area contributed by atoms with E-state index < -0.39 is 0 Å². The summed E-state index contributed by atoms with van der Waals surface area (Å²) in [5.41, 5.74) is 0.923. The lowest BCUT2D eigenvalue weighted by Crippen LogP contribution is -2.37. The maximum absolute atomic E-state index is 11.6. The van der Waals surface area contributed by atoms with Crippen LogP contribution in [-0.2, 0) is 10.2 Å². The van der Waals surface area contributed by atoms with Crippen LogP contribution in [0.4, 0.5) is 0 Å². The van der Waals surface area contributed by atoms with E-state index in [1.165, 1.54) is 0 Å². The van der Waals surface area contributed by atoms with E-state index in [1.54, 1.807) is 6.07 Å². The second kappa shape index (κ2) is 5.10. The Morgan fingerprint density at radius 1 is 1.33 bits per heavy atom. The molecule has 1 aliphatic carbocycles. The Hall–Kier alpha value is -0.730. The molecule has 1 aromatic rings. The summed E-state index contributed by atoms with van der Waals surface area (Å²) in [6.07, 6.45) is 2.05. The van der Waals surface area contributed by atoms with Gasteiger partial charge in [0.1, 0.15) is 0 Å². The van der Waals surface area contributed by atoms with Gasteiger partial charge in [0.15, 0.2) is 0 Å². The highest BCUT2D eigenvalue weighted by molar-refractivity contribution is 6.42. The molecule has 0 aromatic heterocycles. The summed E-state index contributed by atoms with van der Waals surface area (Å²) in [6, 6.07) is 5.62. The topological polar surface area (TPSA) is 29.1 Å². The van der Waals surface area contributed by atoms with Gasteiger partial charge in [0.25, 0.3) is 0 Å². The van der Waals surface area contributed by atoms with Crippen molar-refractivity contribution in [2.24, 2.45) is 5.92 Å². The Morgan fingerprint density at radius 2 is 2.00 bits per heavy atom. The van der Waals surface area contributed by atoms with Gasteiger partial charge in [-0.15, -0.1) is 0 Å². The first-order valence-corrected chi connectivity index (χ1v) is 6.89. The average Bonchev–Trinajstić information content (AvgIpc) is 3.13. The second-order valence-corrected chi connectivity index (χ2v) is 6.32. The zero-order valence-electron chi connectivity index (χ0n) is 10.6. The van der Waals surface area contributed by atoms with Crippen LogP contribution in [0.5, 0.6) is 0 Å². The summed E-state index contributed by atoms with van der Waals surface area (Å²) in [7, 11) is 0. The summed E-state index contributed by atoms with van der Waals surface area (Å²) >= 11 is 11.9. The molecule has 0 aliphatic heterocycles. The van der Waals surface area contributed by atoms with Gasteiger partial charge in [-0.05, 0) is 30.5 Å². The largest absolute Gasteiger partial charge is 0.355 e. The predicted molar refractivity (Wildman–Crippen MR) is 75.2 cm³/mol. The van der Waals surface area contributed by atoms with Crippen LogP contribution in [0.15, 0.2) is 18.2 Å². The lowest BCUT2D eigenvalue weighted by Gasteiger charge is -2.26. The van der Waals surface area contributed by atoms with Crippen molar-refractivity contribution in [3.63, 3.8) is 0 Å². The summed E-state index contributed by atoms with van der Waals surface area (Å²) < 4.78 is 0. The molecule has 0 bridgehead atoms. The van der Waals surface area contributed by atoms with E-state index in [4.69, 9.17) is 23.2 Å². The quantitative estimate of drug-likeness (QED) is 0.896. The number of amides is 1. The van der Waals surface area contributed by atoms with Gasteiger partial charge in [-0.25, -0.2) is 0 Å². The van der Waals surface area contributed by atoms with E-state index in [2.05, 4.69) is 19.2 Å². The third kappa shape index (κ3) is 3.18. The molecule has 0 atom stereocenters. The molecule has 1 aromatic carbocycles. The molecule has 0 unspecified atom stereocenters. The highest BCUT2D eigenvalue weighted by Gasteiger charge is 2.31. The normalized spacial score (nSPS) is 15.6. The van der Waals surface area contributed by atoms with Gasteiger partial charge in [0, 0.05) is 17.9 Å². The van der Waals surface area contributed by atoms with Crippen LogP contribution in [0, 0.1) is 5.92 Å². The fourth-order valence-corrected chi connectivity index (χ4v) is 2.12. The molecule has 0 spiro atoms. The number of hydrogen-bond acceptors (Lipinski definition) is 1. The smallest absolute Gasteiger partial charge is 0.223 e. The summed E-state index contributed by atoms with van der Waals surface area (Å²) in [5.74, 6) is 0.415. The van der Waals surface area contributed by atoms with Crippen molar-refractivity contribution in [3.05, 3.63) is 33.8 Å². The maximum atomic E-state index is 11.6. The van der Waals surface area contributed by atoms with Crippen molar-refractivity contribution in [1.82, 2.24) is 5.32 Å². The predicted octanol–water partition coefficient (Wildman–Crippen LogP) is 3.80. The summed E-state index contributed by atoms with van der Waals surface area (Å²) in [4.78, 5) is 11.6. The van der Waals surface area contributed by atoms with Crippen molar-refractivity contribution in [1.29, 1.82) is 0 Å². The van der Waals surface area contributed by atoms with Gasteiger partial charge in [0.05, 0.1) is 10.0 Å². The zero-order chi connectivity index (χ0) is 13.3. The second-order valence-electron chi connectivity index (χ2n) is 5.50. The zero-order valence-corrected chi connectivity index (χ0v) is 12.1. The first-order chi connectivity index (χ1) is 8.40. The van der Waals surface area contributed by atoms with Crippen LogP contribution in [0.25, 0.3) is 0 Å². The molecule has 1 aliphatic rings. The molecule has 0 heterocycles. The summed E-state index contributed by atoms with van der Waals surface area (Å²) in [6.45, 7) is 4.78. The van der Waals surface area contributed by atoms with E-state index in [0.717, 1.165) is 18.4 Å². The molecular formula is C14H17Cl2NO. The molecule has 1 fully saturated rings. The SMILES string of the molecule is CC(C)(CNC(=O)C1CC1)c1ccc(Cl)c(Cl)c1. The van der Waals surface area contributed by atoms with E-state index in [0.29, 0.717) is 16.6 Å². The van der Waals surface area contributed by atoms with Crippen LogP contribution in [0.1, 0.15) is 32.3 Å². The summed E-state index contributed by atoms with van der Waals surface area (Å²) in [5, 5.41) is 4.11. The van der Waals surface area contributed by atoms with Gasteiger partial charge < -0.3 is 5.32 Å². The number of nitrogens with one attached hydrogen (secondary N) is 1. The van der Waals surface area contributed by atoms with E-state index in [9.17, 15) is 4.79 Å². The van der Waals surface area contributed by atoms with Crippen molar-refractivity contribution < 1.29 is 4.79 Å². The highest BCUT2D eigenvalue weighted by atomic mass is 35.5. The first kappa shape index (κ1) is 13.7. The van der Waals surface area contributed by atoms with E-state index in [1.807, 2.05) is 12.1 Å². The Balaban J connectivity index is 2.03. The minimum atomic E-state index is -0.154. The minimum Gasteiger partial charge on any atom is -0.355 e. The number of halogens is 2. The van der Waals surface area contributed by atoms with Crippen LogP contribution in [-0.4, -0.2) is 12.5 Å². The average molecular weight is 286 g/mol. The number of carbonyl (C=O) groups excluding carboxylic acids is 1. The minimum absolute atomic E-state index is 0.154. The van der Waals surface area contributed by atoms with E-state index in [-0.39, 0.29) is 17.2 Å². The Labute approximate surface area is 118 Å². The lowest BCUT2D eigenvalue weighted by atomic mass is 9.84. The molecule has 0 radical (unpaired) electrons. The van der Waals surface area contributed by atoms with Gasteiger partial charge >= 0.3 is 0 Å². The van der Waals surface area contributed by atoms with Crippen molar-refractivity contribution in [2.75, 3.05) is 6.54 Å². The van der Waals surface area contributed by atoms with E-state index >= 15 is 0 Å². The van der Waals surface area contributed by atoms with Gasteiger partial charge in [-0.1, -0.05) is 43.1 Å². The first-order valence-electron chi connectivity index (χ1n) is 6.13.